The lowest BCUT2D eigenvalue weighted by Gasteiger charge is -2.16. The summed E-state index contributed by atoms with van der Waals surface area (Å²) in [4.78, 5) is 37.3. The van der Waals surface area contributed by atoms with Crippen LogP contribution in [0.1, 0.15) is 21.5 Å². The van der Waals surface area contributed by atoms with Gasteiger partial charge in [-0.1, -0.05) is 58.7 Å². The van der Waals surface area contributed by atoms with Gasteiger partial charge in [0.05, 0.1) is 26.7 Å². The van der Waals surface area contributed by atoms with Crippen LogP contribution in [0.5, 0.6) is 0 Å². The molecule has 172 valence electrons. The van der Waals surface area contributed by atoms with Gasteiger partial charge in [0.15, 0.2) is 0 Å². The van der Waals surface area contributed by atoms with E-state index in [9.17, 15) is 19.5 Å². The highest BCUT2D eigenvalue weighted by Gasteiger charge is 2.24. The van der Waals surface area contributed by atoms with E-state index in [2.05, 4.69) is 15.6 Å². The third-order valence-electron chi connectivity index (χ3n) is 5.31. The number of carboxylic acid groups (broad SMARTS) is 1. The summed E-state index contributed by atoms with van der Waals surface area (Å²) in [5.41, 5.74) is 2.11. The van der Waals surface area contributed by atoms with Crippen molar-refractivity contribution in [1.82, 2.24) is 20.3 Å². The Kier molecular flexibility index (Phi) is 6.63. The number of carbonyl (C=O) groups excluding carboxylic acids is 1. The Bertz CT molecular complexity index is 1450. The smallest absolute Gasteiger partial charge is 0.326 e. The Morgan fingerprint density at radius 3 is 2.32 bits per heavy atom. The number of carbonyl (C=O) groups is 2. The van der Waals surface area contributed by atoms with E-state index in [1.807, 2.05) is 19.1 Å². The van der Waals surface area contributed by atoms with E-state index < -0.39 is 17.9 Å². The van der Waals surface area contributed by atoms with E-state index in [1.165, 1.54) is 16.8 Å². The summed E-state index contributed by atoms with van der Waals surface area (Å²) in [5.74, 6) is -1.90. The zero-order chi connectivity index (χ0) is 24.4. The molecule has 0 aliphatic carbocycles. The number of benzene rings is 3. The van der Waals surface area contributed by atoms with Crippen LogP contribution in [-0.4, -0.2) is 38.0 Å². The molecule has 0 aliphatic rings. The van der Waals surface area contributed by atoms with Crippen molar-refractivity contribution < 1.29 is 14.7 Å². The molecule has 1 amide bonds. The van der Waals surface area contributed by atoms with Gasteiger partial charge < -0.3 is 10.4 Å². The van der Waals surface area contributed by atoms with Gasteiger partial charge in [-0.05, 0) is 48.4 Å². The molecule has 8 nitrogen and oxygen atoms in total. The van der Waals surface area contributed by atoms with Gasteiger partial charge in [0.25, 0.3) is 11.5 Å². The number of aromatic nitrogens is 3. The van der Waals surface area contributed by atoms with Gasteiger partial charge >= 0.3 is 5.97 Å². The molecule has 0 aliphatic heterocycles. The number of aryl methyl sites for hydroxylation is 1. The Labute approximate surface area is 203 Å². The second-order valence-electron chi connectivity index (χ2n) is 7.61. The molecule has 4 rings (SSSR count). The average Bonchev–Trinajstić information content (AvgIpc) is 2.79. The minimum atomic E-state index is -1.23. The predicted molar refractivity (Wildman–Crippen MR) is 129 cm³/mol. The summed E-state index contributed by atoms with van der Waals surface area (Å²) in [7, 11) is 0. The SMILES string of the molecule is Cc1cccc2nnn(-c3ccc(C[C@H](NC(=O)c4c(Cl)cccc4Cl)C(=O)O)cc3)c(=O)c12. The Morgan fingerprint density at radius 2 is 1.68 bits per heavy atom. The number of nitrogens with zero attached hydrogens (tertiary/aromatic N) is 3. The van der Waals surface area contributed by atoms with Gasteiger partial charge in [-0.25, -0.2) is 4.79 Å². The standard InChI is InChI=1S/C24H18Cl2N4O4/c1-13-4-2-7-18-20(13)23(32)30(29-28-18)15-10-8-14(9-11-15)12-19(24(33)34)27-22(31)21-16(25)5-3-6-17(21)26/h2-11,19H,12H2,1H3,(H,27,31)(H,33,34)/t19-/m0/s1. The number of rotatable bonds is 6. The van der Waals surface area contributed by atoms with Crippen molar-refractivity contribution in [2.45, 2.75) is 19.4 Å². The zero-order valence-corrected chi connectivity index (χ0v) is 19.3. The predicted octanol–water partition coefficient (Wildman–Crippen LogP) is 3.82. The molecule has 0 saturated carbocycles. The molecule has 1 atom stereocenters. The minimum Gasteiger partial charge on any atom is -0.480 e. The monoisotopic (exact) mass is 496 g/mol. The zero-order valence-electron chi connectivity index (χ0n) is 17.8. The van der Waals surface area contributed by atoms with E-state index in [-0.39, 0.29) is 27.6 Å². The molecule has 34 heavy (non-hydrogen) atoms. The molecule has 0 fully saturated rings. The molecule has 0 spiro atoms. The lowest BCUT2D eigenvalue weighted by Crippen LogP contribution is -2.42. The molecular weight excluding hydrogens is 479 g/mol. The lowest BCUT2D eigenvalue weighted by molar-refractivity contribution is -0.139. The van der Waals surface area contributed by atoms with Crippen LogP contribution in [0.2, 0.25) is 10.0 Å². The van der Waals surface area contributed by atoms with Gasteiger partial charge in [0, 0.05) is 6.42 Å². The first-order valence-corrected chi connectivity index (χ1v) is 10.9. The lowest BCUT2D eigenvalue weighted by atomic mass is 10.0. The number of carboxylic acids is 1. The summed E-state index contributed by atoms with van der Waals surface area (Å²) >= 11 is 12.1. The molecule has 1 heterocycles. The summed E-state index contributed by atoms with van der Waals surface area (Å²) < 4.78 is 1.19. The van der Waals surface area contributed by atoms with Gasteiger partial charge in [0.1, 0.15) is 11.6 Å². The molecule has 0 radical (unpaired) electrons. The Hall–Kier alpha value is -3.75. The van der Waals surface area contributed by atoms with Crippen molar-refractivity contribution in [2.75, 3.05) is 0 Å². The van der Waals surface area contributed by atoms with E-state index in [0.717, 1.165) is 5.56 Å². The van der Waals surface area contributed by atoms with E-state index in [4.69, 9.17) is 23.2 Å². The maximum atomic E-state index is 12.9. The molecule has 1 aromatic heterocycles. The van der Waals surface area contributed by atoms with E-state index in [1.54, 1.807) is 36.4 Å². The van der Waals surface area contributed by atoms with Crippen molar-refractivity contribution in [1.29, 1.82) is 0 Å². The van der Waals surface area contributed by atoms with Crippen LogP contribution in [0.3, 0.4) is 0 Å². The van der Waals surface area contributed by atoms with Gasteiger partial charge in [-0.15, -0.1) is 5.10 Å². The minimum absolute atomic E-state index is 0.000824. The topological polar surface area (TPSA) is 114 Å². The maximum absolute atomic E-state index is 12.9. The van der Waals surface area contributed by atoms with Crippen molar-refractivity contribution in [3.8, 4) is 5.69 Å². The number of amides is 1. The fourth-order valence-corrected chi connectivity index (χ4v) is 4.15. The molecular formula is C24H18Cl2N4O4. The highest BCUT2D eigenvalue weighted by Crippen LogP contribution is 2.24. The highest BCUT2D eigenvalue weighted by atomic mass is 35.5. The summed E-state index contributed by atoms with van der Waals surface area (Å²) in [6.45, 7) is 1.83. The third kappa shape index (κ3) is 4.64. The van der Waals surface area contributed by atoms with Crippen LogP contribution < -0.4 is 10.9 Å². The third-order valence-corrected chi connectivity index (χ3v) is 5.94. The van der Waals surface area contributed by atoms with Crippen LogP contribution in [0.25, 0.3) is 16.6 Å². The number of fused-ring (bicyclic) bond motifs is 1. The van der Waals surface area contributed by atoms with Crippen molar-refractivity contribution in [3.05, 3.63) is 97.8 Å². The van der Waals surface area contributed by atoms with Crippen molar-refractivity contribution in [2.24, 2.45) is 0 Å². The van der Waals surface area contributed by atoms with Crippen molar-refractivity contribution in [3.63, 3.8) is 0 Å². The molecule has 0 bridgehead atoms. The number of nitrogens with one attached hydrogen (secondary N) is 1. The summed E-state index contributed by atoms with van der Waals surface area (Å²) in [6, 6.07) is 15.3. The quantitative estimate of drug-likeness (QED) is 0.419. The molecule has 0 saturated heterocycles. The first kappa shape index (κ1) is 23.4. The van der Waals surface area contributed by atoms with Gasteiger partial charge in [-0.3, -0.25) is 9.59 Å². The van der Waals surface area contributed by atoms with Gasteiger partial charge in [-0.2, -0.15) is 4.68 Å². The average molecular weight is 497 g/mol. The maximum Gasteiger partial charge on any atom is 0.326 e. The van der Waals surface area contributed by atoms with Crippen LogP contribution in [-0.2, 0) is 11.2 Å². The Morgan fingerprint density at radius 1 is 1.03 bits per heavy atom. The summed E-state index contributed by atoms with van der Waals surface area (Å²) in [5, 5.41) is 20.9. The molecule has 0 unspecified atom stereocenters. The molecule has 10 heteroatoms. The number of halogens is 2. The molecule has 3 aromatic carbocycles. The fraction of sp³-hybridized carbons (Fsp3) is 0.125. The fourth-order valence-electron chi connectivity index (χ4n) is 3.58. The second kappa shape index (κ2) is 9.62. The normalized spacial score (nSPS) is 11.9. The molecule has 4 aromatic rings. The summed E-state index contributed by atoms with van der Waals surface area (Å²) in [6.07, 6.45) is 0.000824. The highest BCUT2D eigenvalue weighted by molar-refractivity contribution is 6.39. The first-order valence-electron chi connectivity index (χ1n) is 10.2. The van der Waals surface area contributed by atoms with Crippen LogP contribution in [0.15, 0.2) is 65.5 Å². The first-order chi connectivity index (χ1) is 16.3. The number of hydrogen-bond donors (Lipinski definition) is 2. The van der Waals surface area contributed by atoms with E-state index in [0.29, 0.717) is 22.2 Å². The largest absolute Gasteiger partial charge is 0.480 e. The van der Waals surface area contributed by atoms with Crippen LogP contribution >= 0.6 is 23.2 Å². The second-order valence-corrected chi connectivity index (χ2v) is 8.42. The van der Waals surface area contributed by atoms with E-state index >= 15 is 0 Å². The van der Waals surface area contributed by atoms with Crippen LogP contribution in [0.4, 0.5) is 0 Å². The van der Waals surface area contributed by atoms with Gasteiger partial charge in [0.2, 0.25) is 0 Å². The number of aliphatic carboxylic acids is 1. The number of hydrogen-bond acceptors (Lipinski definition) is 5. The van der Waals surface area contributed by atoms with Crippen LogP contribution in [0, 0.1) is 6.92 Å². The Balaban J connectivity index is 1.57. The van der Waals surface area contributed by atoms with Crippen molar-refractivity contribution >= 4 is 46.0 Å². The molecule has 2 N–H and O–H groups in total.